The first-order valence-corrected chi connectivity index (χ1v) is 6.74. The molecule has 0 saturated carbocycles. The Balaban J connectivity index is 2.24. The number of nitrogens with zero attached hydrogens (tertiary/aromatic N) is 3. The van der Waals surface area contributed by atoms with Crippen LogP contribution in [0.25, 0.3) is 21.7 Å². The van der Waals surface area contributed by atoms with E-state index in [9.17, 15) is 0 Å². The first-order valence-electron chi connectivity index (χ1n) is 5.86. The van der Waals surface area contributed by atoms with Crippen molar-refractivity contribution in [3.05, 3.63) is 35.0 Å². The molecule has 0 aliphatic heterocycles. The molecule has 3 aromatic rings. The molecule has 3 heterocycles. The van der Waals surface area contributed by atoms with Crippen molar-refractivity contribution in [2.45, 2.75) is 13.8 Å². The second-order valence-corrected chi connectivity index (χ2v) is 5.27. The van der Waals surface area contributed by atoms with E-state index in [1.165, 1.54) is 0 Å². The van der Waals surface area contributed by atoms with Crippen molar-refractivity contribution < 1.29 is 0 Å². The average molecular weight is 271 g/mol. The number of anilines is 1. The number of aromatic nitrogens is 4. The van der Waals surface area contributed by atoms with E-state index in [0.717, 1.165) is 33.1 Å². The van der Waals surface area contributed by atoms with Crippen molar-refractivity contribution >= 4 is 17.2 Å². The van der Waals surface area contributed by atoms with Gasteiger partial charge in [0.15, 0.2) is 5.82 Å². The zero-order valence-electron chi connectivity index (χ0n) is 10.6. The van der Waals surface area contributed by atoms with Crippen LogP contribution in [0.2, 0.25) is 0 Å². The summed E-state index contributed by atoms with van der Waals surface area (Å²) in [6, 6.07) is 6.03. The highest BCUT2D eigenvalue weighted by Crippen LogP contribution is 2.37. The Morgan fingerprint density at radius 1 is 1.26 bits per heavy atom. The second-order valence-electron chi connectivity index (χ2n) is 4.32. The Hall–Kier alpha value is -2.21. The Morgan fingerprint density at radius 2 is 2.11 bits per heavy atom. The van der Waals surface area contributed by atoms with Gasteiger partial charge in [-0.05, 0) is 31.4 Å². The molecule has 3 rings (SSSR count). The molecule has 6 heteroatoms. The lowest BCUT2D eigenvalue weighted by atomic mass is 10.1. The van der Waals surface area contributed by atoms with Gasteiger partial charge in [-0.1, -0.05) is 6.07 Å². The third-order valence-corrected chi connectivity index (χ3v) is 3.82. The van der Waals surface area contributed by atoms with E-state index in [1.54, 1.807) is 11.3 Å². The predicted octanol–water partition coefficient (Wildman–Crippen LogP) is 2.79. The van der Waals surface area contributed by atoms with Crippen molar-refractivity contribution in [2.75, 3.05) is 5.73 Å². The van der Waals surface area contributed by atoms with Crippen molar-refractivity contribution in [1.29, 1.82) is 0 Å². The Kier molecular flexibility index (Phi) is 2.79. The third-order valence-electron chi connectivity index (χ3n) is 2.93. The number of nitrogens with two attached hydrogens (primary N) is 1. The smallest absolute Gasteiger partial charge is 0.154 e. The Labute approximate surface area is 114 Å². The van der Waals surface area contributed by atoms with Crippen LogP contribution in [-0.2, 0) is 0 Å². The number of aryl methyl sites for hydroxylation is 2. The van der Waals surface area contributed by atoms with E-state index in [1.807, 2.05) is 37.4 Å². The summed E-state index contributed by atoms with van der Waals surface area (Å²) in [4.78, 5) is 1.09. The first kappa shape index (κ1) is 11.9. The maximum absolute atomic E-state index is 5.99. The number of thiophene rings is 1. The van der Waals surface area contributed by atoms with Gasteiger partial charge in [-0.2, -0.15) is 15.3 Å². The third kappa shape index (κ3) is 2.00. The Morgan fingerprint density at radius 3 is 2.84 bits per heavy atom. The van der Waals surface area contributed by atoms with Crippen molar-refractivity contribution in [3.8, 4) is 21.7 Å². The van der Waals surface area contributed by atoms with Crippen LogP contribution in [0.5, 0.6) is 0 Å². The van der Waals surface area contributed by atoms with Crippen LogP contribution in [-0.4, -0.2) is 20.4 Å². The number of hydrogen-bond donors (Lipinski definition) is 2. The van der Waals surface area contributed by atoms with Crippen LogP contribution in [0.15, 0.2) is 23.6 Å². The van der Waals surface area contributed by atoms with E-state index >= 15 is 0 Å². The molecule has 0 aromatic carbocycles. The van der Waals surface area contributed by atoms with Gasteiger partial charge in [0, 0.05) is 10.4 Å². The van der Waals surface area contributed by atoms with Crippen LogP contribution in [0.4, 0.5) is 5.82 Å². The largest absolute Gasteiger partial charge is 0.382 e. The fourth-order valence-corrected chi connectivity index (χ4v) is 2.81. The molecule has 0 amide bonds. The molecule has 0 unspecified atom stereocenters. The second kappa shape index (κ2) is 4.47. The van der Waals surface area contributed by atoms with Crippen LogP contribution in [0.3, 0.4) is 0 Å². The summed E-state index contributed by atoms with van der Waals surface area (Å²) in [6.45, 7) is 3.84. The van der Waals surface area contributed by atoms with Crippen LogP contribution < -0.4 is 5.73 Å². The van der Waals surface area contributed by atoms with Gasteiger partial charge >= 0.3 is 0 Å². The van der Waals surface area contributed by atoms with E-state index in [4.69, 9.17) is 5.73 Å². The molecule has 0 aliphatic carbocycles. The monoisotopic (exact) mass is 271 g/mol. The summed E-state index contributed by atoms with van der Waals surface area (Å²) < 4.78 is 0. The SMILES string of the molecule is Cc1cc(-c2[nH]nc(N)c2-c2cccs2)c(C)nn1. The molecule has 0 atom stereocenters. The minimum Gasteiger partial charge on any atom is -0.382 e. The lowest BCUT2D eigenvalue weighted by Gasteiger charge is -2.05. The molecule has 96 valence electrons. The zero-order valence-corrected chi connectivity index (χ0v) is 11.5. The molecular formula is C13H13N5S. The Bertz CT molecular complexity index is 715. The summed E-state index contributed by atoms with van der Waals surface area (Å²) in [5.41, 5.74) is 10.5. The molecular weight excluding hydrogens is 258 g/mol. The topological polar surface area (TPSA) is 80.5 Å². The summed E-state index contributed by atoms with van der Waals surface area (Å²) in [5, 5.41) is 17.4. The number of nitrogen functional groups attached to an aromatic ring is 1. The van der Waals surface area contributed by atoms with Gasteiger partial charge in [0.1, 0.15) is 0 Å². The van der Waals surface area contributed by atoms with Gasteiger partial charge in [0.2, 0.25) is 0 Å². The molecule has 19 heavy (non-hydrogen) atoms. The number of H-pyrrole nitrogens is 1. The summed E-state index contributed by atoms with van der Waals surface area (Å²) in [5.74, 6) is 0.506. The summed E-state index contributed by atoms with van der Waals surface area (Å²) >= 11 is 1.64. The van der Waals surface area contributed by atoms with Gasteiger partial charge < -0.3 is 5.73 Å². The quantitative estimate of drug-likeness (QED) is 0.751. The summed E-state index contributed by atoms with van der Waals surface area (Å²) in [6.07, 6.45) is 0. The minimum absolute atomic E-state index is 0.506. The molecule has 0 saturated heterocycles. The van der Waals surface area contributed by atoms with Crippen LogP contribution in [0, 0.1) is 13.8 Å². The van der Waals surface area contributed by atoms with Crippen LogP contribution in [0.1, 0.15) is 11.4 Å². The van der Waals surface area contributed by atoms with Crippen molar-refractivity contribution in [2.24, 2.45) is 0 Å². The molecule has 0 radical (unpaired) electrons. The average Bonchev–Trinajstić information content (AvgIpc) is 3.01. The van der Waals surface area contributed by atoms with Gasteiger partial charge in [0.25, 0.3) is 0 Å². The molecule has 0 bridgehead atoms. The van der Waals surface area contributed by atoms with Crippen LogP contribution >= 0.6 is 11.3 Å². The molecule has 5 nitrogen and oxygen atoms in total. The van der Waals surface area contributed by atoms with E-state index in [2.05, 4.69) is 20.4 Å². The van der Waals surface area contributed by atoms with Crippen molar-refractivity contribution in [1.82, 2.24) is 20.4 Å². The highest BCUT2D eigenvalue weighted by Gasteiger charge is 2.17. The first-order chi connectivity index (χ1) is 9.16. The standard InChI is InChI=1S/C13H13N5S/c1-7-6-9(8(2)16-15-7)12-11(13(14)18-17-12)10-4-3-5-19-10/h3-6H,1-2H3,(H3,14,17,18). The fourth-order valence-electron chi connectivity index (χ4n) is 2.02. The minimum atomic E-state index is 0.506. The van der Waals surface area contributed by atoms with E-state index < -0.39 is 0 Å². The number of rotatable bonds is 2. The lowest BCUT2D eigenvalue weighted by Crippen LogP contribution is -1.95. The van der Waals surface area contributed by atoms with Gasteiger partial charge in [-0.25, -0.2) is 0 Å². The molecule has 0 spiro atoms. The fraction of sp³-hybridized carbons (Fsp3) is 0.154. The number of hydrogen-bond acceptors (Lipinski definition) is 5. The number of aromatic amines is 1. The molecule has 3 N–H and O–H groups in total. The lowest BCUT2D eigenvalue weighted by molar-refractivity contribution is 0.940. The highest BCUT2D eigenvalue weighted by molar-refractivity contribution is 7.13. The summed E-state index contributed by atoms with van der Waals surface area (Å²) in [7, 11) is 0. The van der Waals surface area contributed by atoms with Gasteiger partial charge in [-0.15, -0.1) is 11.3 Å². The van der Waals surface area contributed by atoms with E-state index in [0.29, 0.717) is 5.82 Å². The predicted molar refractivity (Wildman–Crippen MR) is 76.8 cm³/mol. The molecule has 3 aromatic heterocycles. The van der Waals surface area contributed by atoms with Gasteiger partial charge in [-0.3, -0.25) is 5.10 Å². The van der Waals surface area contributed by atoms with E-state index in [-0.39, 0.29) is 0 Å². The zero-order chi connectivity index (χ0) is 13.4. The van der Waals surface area contributed by atoms with Crippen molar-refractivity contribution in [3.63, 3.8) is 0 Å². The molecule has 0 fully saturated rings. The maximum atomic E-state index is 5.99. The normalized spacial score (nSPS) is 10.8. The number of nitrogens with one attached hydrogen (secondary N) is 1. The highest BCUT2D eigenvalue weighted by atomic mass is 32.1. The molecule has 0 aliphatic rings. The maximum Gasteiger partial charge on any atom is 0.154 e. The van der Waals surface area contributed by atoms with Gasteiger partial charge in [0.05, 0.1) is 22.6 Å².